The van der Waals surface area contributed by atoms with Crippen LogP contribution in [0, 0.1) is 6.92 Å². The van der Waals surface area contributed by atoms with E-state index in [9.17, 15) is 17.6 Å². The smallest absolute Gasteiger partial charge is 0.344 e. The van der Waals surface area contributed by atoms with E-state index in [0.717, 1.165) is 29.4 Å². The molecule has 0 saturated heterocycles. The Morgan fingerprint density at radius 1 is 1.00 bits per heavy atom. The van der Waals surface area contributed by atoms with E-state index in [-0.39, 0.29) is 12.3 Å². The second-order valence-electron chi connectivity index (χ2n) is 6.15. The van der Waals surface area contributed by atoms with Crippen LogP contribution in [0.3, 0.4) is 0 Å². The summed E-state index contributed by atoms with van der Waals surface area (Å²) < 4.78 is 54.1. The molecule has 0 radical (unpaired) electrons. The van der Waals surface area contributed by atoms with Gasteiger partial charge >= 0.3 is 6.18 Å². The van der Waals surface area contributed by atoms with Crippen molar-refractivity contribution in [3.8, 4) is 0 Å². The Morgan fingerprint density at radius 3 is 2.34 bits per heavy atom. The van der Waals surface area contributed by atoms with Crippen LogP contribution < -0.4 is 17.2 Å². The molecule has 6 N–H and O–H groups in total. The molecule has 0 saturated carbocycles. The molecule has 0 bridgehead atoms. The monoisotopic (exact) mass is 408 g/mol. The minimum atomic E-state index is -4.43. The third-order valence-electron chi connectivity index (χ3n) is 4.38. The van der Waals surface area contributed by atoms with Gasteiger partial charge in [0, 0.05) is 23.6 Å². The van der Waals surface area contributed by atoms with Crippen molar-refractivity contribution in [1.82, 2.24) is 21.9 Å². The van der Waals surface area contributed by atoms with Crippen LogP contribution in [0.4, 0.5) is 23.2 Å². The lowest BCUT2D eigenvalue weighted by Crippen LogP contribution is -2.25. The van der Waals surface area contributed by atoms with Gasteiger partial charge in [-0.1, -0.05) is 6.07 Å². The van der Waals surface area contributed by atoms with Gasteiger partial charge in [-0.25, -0.2) is 8.91 Å². The van der Waals surface area contributed by atoms with E-state index in [4.69, 9.17) is 0 Å². The normalized spacial score (nSPS) is 16.2. The zero-order chi connectivity index (χ0) is 19.2. The number of benzene rings is 1. The number of allylic oxidation sites excluding steroid dienone is 1. The van der Waals surface area contributed by atoms with E-state index in [0.29, 0.717) is 11.4 Å². The zero-order valence-corrected chi connectivity index (χ0v) is 15.6. The maximum absolute atomic E-state index is 13.9. The Kier molecular flexibility index (Phi) is 6.10. The lowest BCUT2D eigenvalue weighted by Gasteiger charge is -2.30. The Morgan fingerprint density at radius 2 is 1.69 bits per heavy atom. The third kappa shape index (κ3) is 3.98. The number of hydrogen-bond acceptors (Lipinski definition) is 5. The summed E-state index contributed by atoms with van der Waals surface area (Å²) in [5, 5.41) is 4.43. The van der Waals surface area contributed by atoms with Crippen LogP contribution in [0.15, 0.2) is 65.7 Å². The van der Waals surface area contributed by atoms with Gasteiger partial charge in [-0.15, -0.1) is 0 Å². The van der Waals surface area contributed by atoms with E-state index >= 15 is 0 Å². The Bertz CT molecular complexity index is 1050. The van der Waals surface area contributed by atoms with Crippen LogP contribution in [0.2, 0.25) is 0 Å². The molecule has 154 valence electrons. The van der Waals surface area contributed by atoms with Gasteiger partial charge < -0.3 is 17.2 Å². The van der Waals surface area contributed by atoms with Gasteiger partial charge in [0.05, 0.1) is 23.0 Å². The average Bonchev–Trinajstić information content (AvgIpc) is 2.97. The van der Waals surface area contributed by atoms with Crippen molar-refractivity contribution in [3.63, 3.8) is 0 Å². The molecular formula is C19H20F4N6. The molecule has 1 unspecified atom stereocenters. The predicted octanol–water partition coefficient (Wildman–Crippen LogP) is 5.39. The minimum Gasteiger partial charge on any atom is -0.344 e. The minimum absolute atomic E-state index is 0. The summed E-state index contributed by atoms with van der Waals surface area (Å²) in [7, 11) is 0. The molecule has 29 heavy (non-hydrogen) atoms. The van der Waals surface area contributed by atoms with Crippen molar-refractivity contribution >= 4 is 17.4 Å². The molecule has 1 aliphatic heterocycles. The maximum atomic E-state index is 13.9. The van der Waals surface area contributed by atoms with Crippen molar-refractivity contribution in [2.24, 2.45) is 4.99 Å². The lowest BCUT2D eigenvalue weighted by atomic mass is 10.1. The summed E-state index contributed by atoms with van der Waals surface area (Å²) in [6.45, 7) is 1.82. The number of rotatable bonds is 2. The molecule has 0 fully saturated rings. The van der Waals surface area contributed by atoms with Crippen LogP contribution in [0.1, 0.15) is 23.0 Å². The molecular weight excluding hydrogens is 388 g/mol. The summed E-state index contributed by atoms with van der Waals surface area (Å²) >= 11 is 0. The van der Waals surface area contributed by atoms with Crippen molar-refractivity contribution in [2.75, 3.05) is 4.90 Å². The third-order valence-corrected chi connectivity index (χ3v) is 4.38. The fraction of sp³-hybridized carbons (Fsp3) is 0.158. The van der Waals surface area contributed by atoms with Crippen molar-refractivity contribution in [2.45, 2.75) is 19.3 Å². The molecule has 6 nitrogen and oxygen atoms in total. The predicted molar refractivity (Wildman–Crippen MR) is 104 cm³/mol. The highest BCUT2D eigenvalue weighted by molar-refractivity contribution is 5.80. The number of halogens is 4. The number of anilines is 1. The first-order valence-corrected chi connectivity index (χ1v) is 8.14. The number of fused-ring (bicyclic) bond motifs is 1. The van der Waals surface area contributed by atoms with Crippen LogP contribution in [-0.2, 0) is 6.18 Å². The quantitative estimate of drug-likeness (QED) is 0.555. The Labute approximate surface area is 164 Å². The fourth-order valence-corrected chi connectivity index (χ4v) is 3.16. The summed E-state index contributed by atoms with van der Waals surface area (Å²) in [6.07, 6.45) is -0.945. The van der Waals surface area contributed by atoms with E-state index in [1.807, 2.05) is 25.1 Å². The summed E-state index contributed by atoms with van der Waals surface area (Å²) in [5.41, 5.74) is 1.89. The van der Waals surface area contributed by atoms with Gasteiger partial charge in [-0.05, 0) is 43.3 Å². The number of pyridine rings is 1. The van der Waals surface area contributed by atoms with E-state index in [2.05, 4.69) is 10.1 Å². The van der Waals surface area contributed by atoms with Crippen LogP contribution in [0.25, 0.3) is 5.52 Å². The average molecular weight is 408 g/mol. The topological polar surface area (TPSA) is 103 Å². The molecule has 3 heterocycles. The van der Waals surface area contributed by atoms with Crippen molar-refractivity contribution in [3.05, 3.63) is 77.5 Å². The first kappa shape index (κ1) is 22.1. The number of alkyl halides is 3. The van der Waals surface area contributed by atoms with Gasteiger partial charge in [-0.2, -0.15) is 18.3 Å². The van der Waals surface area contributed by atoms with Gasteiger partial charge in [0.1, 0.15) is 0 Å². The van der Waals surface area contributed by atoms with Gasteiger partial charge in [0.25, 0.3) is 0 Å². The first-order chi connectivity index (χ1) is 12.8. The fourth-order valence-electron chi connectivity index (χ4n) is 3.16. The molecule has 1 atom stereocenters. The second-order valence-corrected chi connectivity index (χ2v) is 6.15. The highest BCUT2D eigenvalue weighted by Crippen LogP contribution is 2.37. The SMILES string of the molecule is Cc1nn2ccccc2c1C1N=CC(F)=CN1c1ccc(C(F)(F)F)cc1.N.N. The zero-order valence-electron chi connectivity index (χ0n) is 15.6. The molecule has 1 aliphatic rings. The van der Waals surface area contributed by atoms with Gasteiger partial charge in [0.15, 0.2) is 12.0 Å². The van der Waals surface area contributed by atoms with Crippen LogP contribution in [-0.4, -0.2) is 15.8 Å². The number of nitrogens with zero attached hydrogens (tertiary/aromatic N) is 4. The highest BCUT2D eigenvalue weighted by Gasteiger charge is 2.31. The summed E-state index contributed by atoms with van der Waals surface area (Å²) in [5.74, 6) is -0.583. The standard InChI is InChI=1S/C19H14F4N4.2H3N/c1-12-17(16-4-2-3-9-27(16)25-12)18-24-10-14(20)11-26(18)15-7-5-13(6-8-15)19(21,22)23;;/h2-11,18H,1H3;2*1H3. The maximum Gasteiger partial charge on any atom is 0.416 e. The molecule has 1 aromatic carbocycles. The number of aryl methyl sites for hydroxylation is 1. The van der Waals surface area contributed by atoms with Crippen molar-refractivity contribution in [1.29, 1.82) is 0 Å². The van der Waals surface area contributed by atoms with Crippen molar-refractivity contribution < 1.29 is 17.6 Å². The van der Waals surface area contributed by atoms with Gasteiger partial charge in [-0.3, -0.25) is 4.99 Å². The molecule has 2 aromatic heterocycles. The first-order valence-electron chi connectivity index (χ1n) is 8.14. The van der Waals surface area contributed by atoms with E-state index in [1.165, 1.54) is 23.2 Å². The Balaban J connectivity index is 0.00000150. The molecule has 3 aromatic rings. The van der Waals surface area contributed by atoms with E-state index < -0.39 is 23.7 Å². The highest BCUT2D eigenvalue weighted by atomic mass is 19.4. The summed E-state index contributed by atoms with van der Waals surface area (Å²) in [6, 6.07) is 10.1. The van der Waals surface area contributed by atoms with Crippen LogP contribution in [0.5, 0.6) is 0 Å². The lowest BCUT2D eigenvalue weighted by molar-refractivity contribution is -0.137. The van der Waals surface area contributed by atoms with E-state index in [1.54, 1.807) is 10.7 Å². The number of hydrogen-bond donors (Lipinski definition) is 2. The number of aromatic nitrogens is 2. The molecule has 0 aliphatic carbocycles. The molecule has 0 spiro atoms. The van der Waals surface area contributed by atoms with Crippen LogP contribution >= 0.6 is 0 Å². The Hall–Kier alpha value is -3.24. The number of aliphatic imine (C=N–C) groups is 1. The second kappa shape index (κ2) is 8.02. The molecule has 0 amide bonds. The van der Waals surface area contributed by atoms with Gasteiger partial charge in [0.2, 0.25) is 0 Å². The molecule has 10 heteroatoms. The largest absolute Gasteiger partial charge is 0.416 e. The summed E-state index contributed by atoms with van der Waals surface area (Å²) in [4.78, 5) is 5.78. The molecule has 4 rings (SSSR count).